The molecule has 10 heteroatoms. The first kappa shape index (κ1) is 23.4. The summed E-state index contributed by atoms with van der Waals surface area (Å²) in [6.07, 6.45) is 5.59. The van der Waals surface area contributed by atoms with Crippen molar-refractivity contribution in [2.75, 3.05) is 24.5 Å². The highest BCUT2D eigenvalue weighted by Crippen LogP contribution is 2.34. The fourth-order valence-corrected chi connectivity index (χ4v) is 5.39. The van der Waals surface area contributed by atoms with E-state index in [4.69, 9.17) is 22.3 Å². The first-order valence-electron chi connectivity index (χ1n) is 11.0. The van der Waals surface area contributed by atoms with Crippen molar-refractivity contribution in [3.05, 3.63) is 44.7 Å². The number of carboxylic acids is 1. The van der Waals surface area contributed by atoms with Crippen LogP contribution in [0.3, 0.4) is 0 Å². The van der Waals surface area contributed by atoms with Crippen LogP contribution in [-0.4, -0.2) is 55.2 Å². The van der Waals surface area contributed by atoms with Gasteiger partial charge < -0.3 is 10.0 Å². The maximum Gasteiger partial charge on any atom is 0.303 e. The average Bonchev–Trinajstić information content (AvgIpc) is 3.04. The molecule has 0 saturated carbocycles. The van der Waals surface area contributed by atoms with Crippen LogP contribution >= 0.6 is 24.0 Å². The lowest BCUT2D eigenvalue weighted by atomic mass is 9.99. The molecule has 4 heterocycles. The van der Waals surface area contributed by atoms with Gasteiger partial charge in [-0.25, -0.2) is 4.98 Å². The Balaban J connectivity index is 1.75. The van der Waals surface area contributed by atoms with Gasteiger partial charge in [-0.3, -0.25) is 23.7 Å². The van der Waals surface area contributed by atoms with Gasteiger partial charge in [0.15, 0.2) is 0 Å². The smallest absolute Gasteiger partial charge is 0.303 e. The molecular weight excluding hydrogens is 460 g/mol. The molecule has 1 N–H and O–H groups in total. The Labute approximate surface area is 201 Å². The molecule has 8 nitrogen and oxygen atoms in total. The highest BCUT2D eigenvalue weighted by Gasteiger charge is 2.33. The number of aromatic nitrogens is 2. The predicted molar refractivity (Wildman–Crippen MR) is 134 cm³/mol. The molecule has 2 aromatic heterocycles. The van der Waals surface area contributed by atoms with E-state index in [2.05, 4.69) is 11.8 Å². The molecule has 174 valence electrons. The van der Waals surface area contributed by atoms with Crippen LogP contribution in [0.4, 0.5) is 5.82 Å². The first-order chi connectivity index (χ1) is 15.8. The molecule has 2 saturated heterocycles. The van der Waals surface area contributed by atoms with Gasteiger partial charge in [0.1, 0.15) is 15.8 Å². The SMILES string of the molecule is Cc1cccn2c(=O)c(/C=C3\SC(=S)N(CCCC(=O)O)C3=O)c(N3CCC(C)CC3)nc12. The Kier molecular flexibility index (Phi) is 6.85. The maximum absolute atomic E-state index is 13.5. The van der Waals surface area contributed by atoms with E-state index in [0.29, 0.717) is 38.6 Å². The molecule has 0 atom stereocenters. The van der Waals surface area contributed by atoms with Crippen LogP contribution < -0.4 is 10.5 Å². The number of carbonyl (C=O) groups is 2. The van der Waals surface area contributed by atoms with Crippen molar-refractivity contribution >= 4 is 57.7 Å². The zero-order valence-electron chi connectivity index (χ0n) is 18.6. The van der Waals surface area contributed by atoms with Gasteiger partial charge in [-0.05, 0) is 49.8 Å². The third kappa shape index (κ3) is 4.81. The van der Waals surface area contributed by atoms with Crippen LogP contribution in [0, 0.1) is 12.8 Å². The number of amides is 1. The normalized spacial score (nSPS) is 18.7. The number of pyridine rings is 1. The van der Waals surface area contributed by atoms with Crippen LogP contribution in [0.2, 0.25) is 0 Å². The fraction of sp³-hybridized carbons (Fsp3) is 0.435. The van der Waals surface area contributed by atoms with E-state index >= 15 is 0 Å². The third-order valence-electron chi connectivity index (χ3n) is 6.07. The molecule has 4 rings (SSSR count). The molecule has 2 aliphatic heterocycles. The van der Waals surface area contributed by atoms with Crippen molar-refractivity contribution in [3.63, 3.8) is 0 Å². The monoisotopic (exact) mass is 486 g/mol. The lowest BCUT2D eigenvalue weighted by molar-refractivity contribution is -0.137. The summed E-state index contributed by atoms with van der Waals surface area (Å²) in [4.78, 5) is 46.1. The Morgan fingerprint density at radius 1 is 1.33 bits per heavy atom. The average molecular weight is 487 g/mol. The highest BCUT2D eigenvalue weighted by molar-refractivity contribution is 8.26. The Bertz CT molecular complexity index is 1210. The van der Waals surface area contributed by atoms with E-state index in [1.165, 1.54) is 9.30 Å². The van der Waals surface area contributed by atoms with Crippen molar-refractivity contribution in [1.82, 2.24) is 14.3 Å². The van der Waals surface area contributed by atoms with Crippen molar-refractivity contribution in [1.29, 1.82) is 0 Å². The summed E-state index contributed by atoms with van der Waals surface area (Å²) in [7, 11) is 0. The van der Waals surface area contributed by atoms with Gasteiger partial charge in [-0.1, -0.05) is 37.0 Å². The number of fused-ring (bicyclic) bond motifs is 1. The van der Waals surface area contributed by atoms with Crippen LogP contribution in [0.15, 0.2) is 28.0 Å². The number of carbonyl (C=O) groups excluding carboxylic acids is 1. The zero-order valence-corrected chi connectivity index (χ0v) is 20.2. The number of thiocarbonyl (C=S) groups is 1. The van der Waals surface area contributed by atoms with Gasteiger partial charge in [-0.15, -0.1) is 0 Å². The number of anilines is 1. The predicted octanol–water partition coefficient (Wildman–Crippen LogP) is 3.31. The first-order valence-corrected chi connectivity index (χ1v) is 12.2. The summed E-state index contributed by atoms with van der Waals surface area (Å²) in [5.41, 5.74) is 1.65. The number of piperidine rings is 1. The largest absolute Gasteiger partial charge is 0.481 e. The van der Waals surface area contributed by atoms with Gasteiger partial charge >= 0.3 is 5.97 Å². The van der Waals surface area contributed by atoms with E-state index in [-0.39, 0.29) is 24.4 Å². The summed E-state index contributed by atoms with van der Waals surface area (Å²) in [6.45, 7) is 5.98. The van der Waals surface area contributed by atoms with Gasteiger partial charge in [-0.2, -0.15) is 0 Å². The quantitative estimate of drug-likeness (QED) is 0.491. The van der Waals surface area contributed by atoms with Crippen LogP contribution in [-0.2, 0) is 9.59 Å². The van der Waals surface area contributed by atoms with Crippen LogP contribution in [0.25, 0.3) is 11.7 Å². The lowest BCUT2D eigenvalue weighted by Crippen LogP contribution is -2.36. The maximum atomic E-state index is 13.5. The molecule has 33 heavy (non-hydrogen) atoms. The molecule has 0 aliphatic carbocycles. The van der Waals surface area contributed by atoms with E-state index in [9.17, 15) is 14.4 Å². The summed E-state index contributed by atoms with van der Waals surface area (Å²) in [6, 6.07) is 3.73. The molecule has 0 radical (unpaired) electrons. The van der Waals surface area contributed by atoms with Crippen LogP contribution in [0.1, 0.15) is 43.7 Å². The highest BCUT2D eigenvalue weighted by atomic mass is 32.2. The summed E-state index contributed by atoms with van der Waals surface area (Å²) in [5, 5.41) is 8.87. The molecule has 2 aromatic rings. The zero-order chi connectivity index (χ0) is 23.7. The number of aryl methyl sites for hydroxylation is 1. The van der Waals surface area contributed by atoms with Crippen molar-refractivity contribution in [2.45, 2.75) is 39.5 Å². The minimum absolute atomic E-state index is 0.0388. The van der Waals surface area contributed by atoms with E-state index in [0.717, 1.165) is 43.3 Å². The Morgan fingerprint density at radius 3 is 2.76 bits per heavy atom. The fourth-order valence-electron chi connectivity index (χ4n) is 4.10. The van der Waals surface area contributed by atoms with Gasteiger partial charge in [0.2, 0.25) is 0 Å². The number of hydrogen-bond acceptors (Lipinski definition) is 7. The number of aliphatic carboxylic acids is 1. The standard InChI is InChI=1S/C23H26N4O4S2/c1-14-7-11-25(12-8-14)20-16(21(30)26-9-3-5-15(2)19(26)24-20)13-17-22(31)27(23(32)33-17)10-4-6-18(28)29/h3,5,9,13-14H,4,6-8,10-12H2,1-2H3,(H,28,29)/b17-13-. The second kappa shape index (κ2) is 9.64. The molecule has 1 amide bonds. The number of nitrogens with zero attached hydrogens (tertiary/aromatic N) is 4. The van der Waals surface area contributed by atoms with E-state index in [1.54, 1.807) is 18.3 Å². The number of carboxylic acid groups (broad SMARTS) is 1. The van der Waals surface area contributed by atoms with Gasteiger partial charge in [0.05, 0.1) is 10.5 Å². The number of thioether (sulfide) groups is 1. The molecule has 2 fully saturated rings. The number of hydrogen-bond donors (Lipinski definition) is 1. The van der Waals surface area contributed by atoms with E-state index in [1.807, 2.05) is 13.0 Å². The Morgan fingerprint density at radius 2 is 2.06 bits per heavy atom. The van der Waals surface area contributed by atoms with E-state index < -0.39 is 5.97 Å². The second-order valence-corrected chi connectivity index (χ2v) is 10.2. The third-order valence-corrected chi connectivity index (χ3v) is 7.45. The molecular formula is C23H26N4O4S2. The minimum atomic E-state index is -0.915. The van der Waals surface area contributed by atoms with Gasteiger partial charge in [0, 0.05) is 32.3 Å². The summed E-state index contributed by atoms with van der Waals surface area (Å²) < 4.78 is 1.89. The summed E-state index contributed by atoms with van der Waals surface area (Å²) in [5.74, 6) is -0.00300. The second-order valence-electron chi connectivity index (χ2n) is 8.54. The molecule has 0 bridgehead atoms. The topological polar surface area (TPSA) is 95.2 Å². The van der Waals surface area contributed by atoms with Crippen molar-refractivity contribution in [2.24, 2.45) is 5.92 Å². The summed E-state index contributed by atoms with van der Waals surface area (Å²) >= 11 is 6.49. The minimum Gasteiger partial charge on any atom is -0.481 e. The van der Waals surface area contributed by atoms with Crippen LogP contribution in [0.5, 0.6) is 0 Å². The molecule has 2 aliphatic rings. The lowest BCUT2D eigenvalue weighted by Gasteiger charge is -2.32. The molecule has 0 unspecified atom stereocenters. The van der Waals surface area contributed by atoms with Crippen molar-refractivity contribution < 1.29 is 14.7 Å². The molecule has 0 aromatic carbocycles. The Hall–Kier alpha value is -2.72. The molecule has 0 spiro atoms. The van der Waals surface area contributed by atoms with Gasteiger partial charge in [0.25, 0.3) is 11.5 Å². The number of rotatable bonds is 6. The van der Waals surface area contributed by atoms with Crippen molar-refractivity contribution in [3.8, 4) is 0 Å².